The first-order chi connectivity index (χ1) is 9.40. The van der Waals surface area contributed by atoms with Gasteiger partial charge in [0.15, 0.2) is 0 Å². The van der Waals surface area contributed by atoms with Gasteiger partial charge in [0.05, 0.1) is 16.6 Å². The van der Waals surface area contributed by atoms with Crippen LogP contribution in [0.4, 0.5) is 0 Å². The van der Waals surface area contributed by atoms with Crippen LogP contribution in [0.5, 0.6) is 0 Å². The topological polar surface area (TPSA) is 25.2 Å². The van der Waals surface area contributed by atoms with Gasteiger partial charge in [0.1, 0.15) is 6.04 Å². The summed E-state index contributed by atoms with van der Waals surface area (Å²) in [5.41, 5.74) is 2.04. The molecule has 0 N–H and O–H groups in total. The molecule has 0 spiro atoms. The minimum Gasteiger partial charge on any atom is -0.271 e. The third-order valence-corrected chi connectivity index (χ3v) is 3.48. The van der Waals surface area contributed by atoms with Crippen molar-refractivity contribution in [2.24, 2.45) is 4.99 Å². The summed E-state index contributed by atoms with van der Waals surface area (Å²) in [4.78, 5) is 9.43. The fourth-order valence-corrected chi connectivity index (χ4v) is 2.50. The summed E-state index contributed by atoms with van der Waals surface area (Å²) in [6.45, 7) is 0. The van der Waals surface area contributed by atoms with Crippen molar-refractivity contribution in [2.75, 3.05) is 0 Å². The van der Waals surface area contributed by atoms with Gasteiger partial charge in [-0.15, -0.1) is 0 Å². The van der Waals surface area contributed by atoms with Gasteiger partial charge >= 0.3 is 0 Å². The molecule has 0 fully saturated rings. The molecular formula is C17H12N2. The average Bonchev–Trinajstić information content (AvgIpc) is 2.90. The molecule has 0 saturated heterocycles. The molecule has 2 heterocycles. The first-order valence-corrected chi connectivity index (χ1v) is 6.41. The van der Waals surface area contributed by atoms with Gasteiger partial charge in [0.2, 0.25) is 0 Å². The minimum atomic E-state index is 0.0435. The van der Waals surface area contributed by atoms with Crippen molar-refractivity contribution in [3.63, 3.8) is 0 Å². The number of rotatable bonds is 1. The molecule has 1 aliphatic rings. The largest absolute Gasteiger partial charge is 0.271 e. The molecule has 2 nitrogen and oxygen atoms in total. The number of para-hydroxylation sites is 2. The SMILES string of the molecule is C1=c2ccccc2=NC1c1ccc2ccccc2n1. The van der Waals surface area contributed by atoms with Gasteiger partial charge < -0.3 is 0 Å². The molecule has 0 saturated carbocycles. The van der Waals surface area contributed by atoms with Crippen LogP contribution in [0.3, 0.4) is 0 Å². The van der Waals surface area contributed by atoms with Gasteiger partial charge in [-0.25, -0.2) is 0 Å². The average molecular weight is 244 g/mol. The second-order valence-corrected chi connectivity index (χ2v) is 4.73. The van der Waals surface area contributed by atoms with Crippen molar-refractivity contribution in [2.45, 2.75) is 6.04 Å². The third kappa shape index (κ3) is 1.73. The zero-order valence-corrected chi connectivity index (χ0v) is 10.3. The lowest BCUT2D eigenvalue weighted by molar-refractivity contribution is 0.900. The molecule has 2 heteroatoms. The van der Waals surface area contributed by atoms with E-state index in [0.29, 0.717) is 0 Å². The van der Waals surface area contributed by atoms with E-state index in [9.17, 15) is 0 Å². The minimum absolute atomic E-state index is 0.0435. The van der Waals surface area contributed by atoms with Crippen LogP contribution in [-0.2, 0) is 0 Å². The third-order valence-electron chi connectivity index (χ3n) is 3.48. The number of aromatic nitrogens is 1. The van der Waals surface area contributed by atoms with Crippen LogP contribution in [0.2, 0.25) is 0 Å². The van der Waals surface area contributed by atoms with Crippen LogP contribution < -0.4 is 10.6 Å². The highest BCUT2D eigenvalue weighted by atomic mass is 14.9. The predicted molar refractivity (Wildman–Crippen MR) is 76.2 cm³/mol. The molecule has 1 atom stereocenters. The van der Waals surface area contributed by atoms with Crippen LogP contribution in [0.1, 0.15) is 11.7 Å². The van der Waals surface area contributed by atoms with Crippen molar-refractivity contribution in [1.29, 1.82) is 0 Å². The maximum Gasteiger partial charge on any atom is 0.112 e. The molecule has 1 aromatic heterocycles. The Balaban J connectivity index is 1.86. The predicted octanol–water partition coefficient (Wildman–Crippen LogP) is 2.39. The summed E-state index contributed by atoms with van der Waals surface area (Å²) < 4.78 is 0. The number of pyridine rings is 1. The van der Waals surface area contributed by atoms with Crippen molar-refractivity contribution in [3.05, 3.63) is 76.9 Å². The van der Waals surface area contributed by atoms with E-state index >= 15 is 0 Å². The van der Waals surface area contributed by atoms with Crippen LogP contribution in [-0.4, -0.2) is 4.98 Å². The molecule has 0 bridgehead atoms. The highest BCUT2D eigenvalue weighted by molar-refractivity contribution is 5.78. The zero-order chi connectivity index (χ0) is 12.7. The molecule has 0 radical (unpaired) electrons. The molecule has 4 rings (SSSR count). The van der Waals surface area contributed by atoms with E-state index in [-0.39, 0.29) is 6.04 Å². The lowest BCUT2D eigenvalue weighted by Crippen LogP contribution is -2.19. The molecule has 90 valence electrons. The Hall–Kier alpha value is -2.48. The summed E-state index contributed by atoms with van der Waals surface area (Å²) in [5, 5.41) is 3.42. The van der Waals surface area contributed by atoms with Gasteiger partial charge in [-0.2, -0.15) is 0 Å². The van der Waals surface area contributed by atoms with Crippen LogP contribution >= 0.6 is 0 Å². The van der Waals surface area contributed by atoms with Gasteiger partial charge in [0.25, 0.3) is 0 Å². The summed E-state index contributed by atoms with van der Waals surface area (Å²) in [6, 6.07) is 20.6. The van der Waals surface area contributed by atoms with Gasteiger partial charge in [-0.1, -0.05) is 42.5 Å². The Labute approximate surface area is 110 Å². The monoisotopic (exact) mass is 244 g/mol. The standard InChI is InChI=1S/C17H12N2/c1-3-7-14-12(5-1)9-10-16(18-14)17-11-13-6-2-4-8-15(13)19-17/h1-11,17H. The second-order valence-electron chi connectivity index (χ2n) is 4.73. The lowest BCUT2D eigenvalue weighted by atomic mass is 10.1. The molecular weight excluding hydrogens is 232 g/mol. The van der Waals surface area contributed by atoms with E-state index in [0.717, 1.165) is 16.6 Å². The maximum absolute atomic E-state index is 4.72. The summed E-state index contributed by atoms with van der Waals surface area (Å²) in [7, 11) is 0. The van der Waals surface area contributed by atoms with Crippen molar-refractivity contribution < 1.29 is 0 Å². The Morgan fingerprint density at radius 1 is 0.789 bits per heavy atom. The number of hydrogen-bond acceptors (Lipinski definition) is 2. The summed E-state index contributed by atoms with van der Waals surface area (Å²) >= 11 is 0. The molecule has 1 aliphatic heterocycles. The molecule has 0 aliphatic carbocycles. The van der Waals surface area contributed by atoms with Crippen molar-refractivity contribution >= 4 is 17.0 Å². The van der Waals surface area contributed by atoms with E-state index in [2.05, 4.69) is 30.3 Å². The van der Waals surface area contributed by atoms with Crippen molar-refractivity contribution in [1.82, 2.24) is 4.98 Å². The second kappa shape index (κ2) is 4.02. The molecule has 0 amide bonds. The summed E-state index contributed by atoms with van der Waals surface area (Å²) in [5.74, 6) is 0. The number of benzene rings is 2. The van der Waals surface area contributed by atoms with E-state index in [1.54, 1.807) is 0 Å². The summed E-state index contributed by atoms with van der Waals surface area (Å²) in [6.07, 6.45) is 2.17. The Kier molecular flexibility index (Phi) is 2.21. The van der Waals surface area contributed by atoms with E-state index in [1.165, 1.54) is 10.6 Å². The lowest BCUT2D eigenvalue weighted by Gasteiger charge is -2.05. The molecule has 1 unspecified atom stereocenters. The van der Waals surface area contributed by atoms with Gasteiger partial charge in [0, 0.05) is 5.39 Å². The fourth-order valence-electron chi connectivity index (χ4n) is 2.50. The van der Waals surface area contributed by atoms with Crippen LogP contribution in [0.15, 0.2) is 65.7 Å². The Bertz CT molecular complexity index is 846. The van der Waals surface area contributed by atoms with Gasteiger partial charge in [-0.3, -0.25) is 9.98 Å². The molecule has 3 aromatic rings. The van der Waals surface area contributed by atoms with Crippen molar-refractivity contribution in [3.8, 4) is 0 Å². The van der Waals surface area contributed by atoms with Crippen LogP contribution in [0.25, 0.3) is 17.0 Å². The Morgan fingerprint density at radius 2 is 1.63 bits per heavy atom. The number of hydrogen-bond donors (Lipinski definition) is 0. The molecule has 2 aromatic carbocycles. The van der Waals surface area contributed by atoms with Gasteiger partial charge in [-0.05, 0) is 29.5 Å². The molecule has 19 heavy (non-hydrogen) atoms. The number of nitrogens with zero attached hydrogens (tertiary/aromatic N) is 2. The first-order valence-electron chi connectivity index (χ1n) is 6.41. The first kappa shape index (κ1) is 10.4. The zero-order valence-electron chi connectivity index (χ0n) is 10.3. The maximum atomic E-state index is 4.72. The van der Waals surface area contributed by atoms with E-state index in [4.69, 9.17) is 9.98 Å². The smallest absolute Gasteiger partial charge is 0.112 e. The highest BCUT2D eigenvalue weighted by Crippen LogP contribution is 2.21. The fraction of sp³-hybridized carbons (Fsp3) is 0.0588. The number of fused-ring (bicyclic) bond motifs is 2. The van der Waals surface area contributed by atoms with E-state index in [1.807, 2.05) is 36.4 Å². The highest BCUT2D eigenvalue weighted by Gasteiger charge is 2.12. The normalized spacial score (nSPS) is 16.7. The van der Waals surface area contributed by atoms with E-state index < -0.39 is 0 Å². The quantitative estimate of drug-likeness (QED) is 0.645. The Morgan fingerprint density at radius 3 is 2.58 bits per heavy atom. The van der Waals surface area contributed by atoms with Crippen LogP contribution in [0, 0.1) is 0 Å².